The summed E-state index contributed by atoms with van der Waals surface area (Å²) in [6, 6.07) is 8.56. The molecule has 0 aliphatic heterocycles. The van der Waals surface area contributed by atoms with Crippen LogP contribution in [0, 0.1) is 46.3 Å². The van der Waals surface area contributed by atoms with Crippen LogP contribution < -0.4 is 4.72 Å². The van der Waals surface area contributed by atoms with Gasteiger partial charge in [0, 0.05) is 12.5 Å². The van der Waals surface area contributed by atoms with Gasteiger partial charge in [0.05, 0.1) is 11.0 Å². The van der Waals surface area contributed by atoms with Gasteiger partial charge in [-0.1, -0.05) is 39.0 Å². The highest BCUT2D eigenvalue weighted by molar-refractivity contribution is 7.89. The molecule has 1 aromatic rings. The molecule has 0 saturated heterocycles. The Morgan fingerprint density at radius 3 is 2.41 bits per heavy atom. The first kappa shape index (κ1) is 27.1. The molecule has 5 rings (SSSR count). The lowest BCUT2D eigenvalue weighted by Gasteiger charge is -2.63. The van der Waals surface area contributed by atoms with Crippen LogP contribution >= 0.6 is 0 Å². The second-order valence-electron chi connectivity index (χ2n) is 13.3. The van der Waals surface area contributed by atoms with Crippen LogP contribution in [0.15, 0.2) is 35.2 Å². The molecule has 7 heteroatoms. The molecule has 0 radical (unpaired) electrons. The number of benzene rings is 1. The number of fused-ring (bicyclic) bond motifs is 5. The molecule has 3 N–H and O–H groups in total. The maximum Gasteiger partial charge on any atom is 0.303 e. The fourth-order valence-electron chi connectivity index (χ4n) is 9.76. The SMILES string of the molecule is CC(CCC(=O)O)[C@H]1CC[C@H]2[C@@H]3[C@@H](NS(=O)(=O)c4ccccc4)C[C@@H]4C[C@H](O)CC[C@]4(C)[C@H]3CC[C@]12C. The van der Waals surface area contributed by atoms with E-state index >= 15 is 0 Å². The number of aliphatic carboxylic acids is 1. The molecule has 4 aliphatic carbocycles. The Kier molecular flexibility index (Phi) is 7.29. The molecule has 0 heterocycles. The second-order valence-corrected chi connectivity index (χ2v) is 15.0. The molecule has 206 valence electrons. The van der Waals surface area contributed by atoms with Crippen molar-refractivity contribution in [1.82, 2.24) is 4.72 Å². The van der Waals surface area contributed by atoms with Crippen LogP contribution in [0.4, 0.5) is 0 Å². The van der Waals surface area contributed by atoms with E-state index in [1.54, 1.807) is 24.3 Å². The summed E-state index contributed by atoms with van der Waals surface area (Å²) in [4.78, 5) is 11.6. The van der Waals surface area contributed by atoms with E-state index in [-0.39, 0.29) is 35.3 Å². The third-order valence-corrected chi connectivity index (χ3v) is 13.1. The highest BCUT2D eigenvalue weighted by atomic mass is 32.2. The van der Waals surface area contributed by atoms with Gasteiger partial charge in [0.1, 0.15) is 0 Å². The Morgan fingerprint density at radius 1 is 1.03 bits per heavy atom. The fraction of sp³-hybridized carbons (Fsp3) is 0.767. The number of aliphatic hydroxyl groups excluding tert-OH is 1. The molecular formula is C30H45NO5S. The first-order valence-electron chi connectivity index (χ1n) is 14.4. The molecule has 10 atom stereocenters. The molecule has 0 amide bonds. The van der Waals surface area contributed by atoms with Crippen molar-refractivity contribution in [3.63, 3.8) is 0 Å². The second kappa shape index (κ2) is 9.95. The van der Waals surface area contributed by atoms with Gasteiger partial charge in [0.15, 0.2) is 0 Å². The van der Waals surface area contributed by atoms with E-state index in [4.69, 9.17) is 0 Å². The van der Waals surface area contributed by atoms with Crippen LogP contribution in [-0.2, 0) is 14.8 Å². The number of carbonyl (C=O) groups is 1. The fourth-order valence-corrected chi connectivity index (χ4v) is 11.1. The summed E-state index contributed by atoms with van der Waals surface area (Å²) >= 11 is 0. The third kappa shape index (κ3) is 4.78. The lowest BCUT2D eigenvalue weighted by atomic mass is 9.43. The topological polar surface area (TPSA) is 104 Å². The zero-order valence-corrected chi connectivity index (χ0v) is 23.4. The van der Waals surface area contributed by atoms with Crippen LogP contribution in [0.5, 0.6) is 0 Å². The summed E-state index contributed by atoms with van der Waals surface area (Å²) in [7, 11) is -3.66. The van der Waals surface area contributed by atoms with Gasteiger partial charge in [-0.15, -0.1) is 0 Å². The minimum atomic E-state index is -3.66. The number of hydrogen-bond acceptors (Lipinski definition) is 4. The summed E-state index contributed by atoms with van der Waals surface area (Å²) < 4.78 is 30.3. The van der Waals surface area contributed by atoms with E-state index in [1.165, 1.54) is 0 Å². The highest BCUT2D eigenvalue weighted by Crippen LogP contribution is 2.68. The average Bonchev–Trinajstić information content (AvgIpc) is 3.21. The quantitative estimate of drug-likeness (QED) is 0.433. The average molecular weight is 532 g/mol. The van der Waals surface area contributed by atoms with Gasteiger partial charge < -0.3 is 10.2 Å². The van der Waals surface area contributed by atoms with Crippen LogP contribution in [-0.4, -0.2) is 36.7 Å². The summed E-state index contributed by atoms with van der Waals surface area (Å²) in [5.74, 6) is 1.55. The maximum absolute atomic E-state index is 13.6. The minimum Gasteiger partial charge on any atom is -0.481 e. The summed E-state index contributed by atoms with van der Waals surface area (Å²) in [5.41, 5.74) is 0.236. The van der Waals surface area contributed by atoms with Crippen LogP contribution in [0.3, 0.4) is 0 Å². The van der Waals surface area contributed by atoms with Crippen molar-refractivity contribution >= 4 is 16.0 Å². The molecule has 4 aliphatic rings. The standard InChI is InChI=1S/C30H45NO5S/c1-19(9-12-27(33)34)23-10-11-24-28-25(14-16-30(23,24)3)29(2)15-13-21(32)17-20(29)18-26(28)31-37(35,36)22-7-5-4-6-8-22/h4-8,19-21,23-26,28,31-32H,9-18H2,1-3H3,(H,33,34)/t19?,20-,21+,23+,24-,25-,26-,28-,29-,30+/m0/s1. The highest BCUT2D eigenvalue weighted by Gasteiger charge is 2.63. The van der Waals surface area contributed by atoms with Gasteiger partial charge in [-0.2, -0.15) is 0 Å². The number of nitrogens with one attached hydrogen (secondary N) is 1. The van der Waals surface area contributed by atoms with Crippen molar-refractivity contribution in [3.8, 4) is 0 Å². The van der Waals surface area contributed by atoms with Gasteiger partial charge >= 0.3 is 5.97 Å². The van der Waals surface area contributed by atoms with Crippen molar-refractivity contribution < 1.29 is 23.4 Å². The molecule has 37 heavy (non-hydrogen) atoms. The van der Waals surface area contributed by atoms with Crippen molar-refractivity contribution in [1.29, 1.82) is 0 Å². The van der Waals surface area contributed by atoms with Crippen LogP contribution in [0.1, 0.15) is 85.0 Å². The predicted molar refractivity (Wildman–Crippen MR) is 143 cm³/mol. The van der Waals surface area contributed by atoms with Crippen molar-refractivity contribution in [2.45, 2.75) is 102 Å². The van der Waals surface area contributed by atoms with E-state index < -0.39 is 16.0 Å². The normalized spacial score (nSPS) is 42.3. The Balaban J connectivity index is 1.48. The van der Waals surface area contributed by atoms with E-state index in [9.17, 15) is 23.4 Å². The molecule has 1 unspecified atom stereocenters. The molecular weight excluding hydrogens is 486 g/mol. The third-order valence-electron chi connectivity index (χ3n) is 11.6. The Bertz CT molecular complexity index is 1090. The Hall–Kier alpha value is -1.44. The van der Waals surface area contributed by atoms with E-state index in [2.05, 4.69) is 25.5 Å². The van der Waals surface area contributed by atoms with Gasteiger partial charge in [0.25, 0.3) is 0 Å². The van der Waals surface area contributed by atoms with Gasteiger partial charge in [-0.05, 0) is 116 Å². The predicted octanol–water partition coefficient (Wildman–Crippen LogP) is 5.46. The molecule has 6 nitrogen and oxygen atoms in total. The number of sulfonamides is 1. The molecule has 4 saturated carbocycles. The summed E-state index contributed by atoms with van der Waals surface area (Å²) in [5, 5.41) is 19.8. The smallest absolute Gasteiger partial charge is 0.303 e. The number of aliphatic hydroxyl groups is 1. The zero-order valence-electron chi connectivity index (χ0n) is 22.6. The zero-order chi connectivity index (χ0) is 26.6. The summed E-state index contributed by atoms with van der Waals surface area (Å²) in [6.45, 7) is 7.07. The van der Waals surface area contributed by atoms with E-state index in [0.29, 0.717) is 40.9 Å². The minimum absolute atomic E-state index is 0.104. The number of carboxylic acid groups (broad SMARTS) is 1. The molecule has 0 aromatic heterocycles. The van der Waals surface area contributed by atoms with E-state index in [1.807, 2.05) is 6.07 Å². The largest absolute Gasteiger partial charge is 0.481 e. The van der Waals surface area contributed by atoms with E-state index in [0.717, 1.165) is 51.4 Å². The van der Waals surface area contributed by atoms with Gasteiger partial charge in [-0.3, -0.25) is 4.79 Å². The van der Waals surface area contributed by atoms with Crippen molar-refractivity contribution in [2.24, 2.45) is 46.3 Å². The number of hydrogen-bond donors (Lipinski definition) is 3. The first-order valence-corrected chi connectivity index (χ1v) is 15.9. The number of carboxylic acids is 1. The number of rotatable bonds is 7. The lowest BCUT2D eigenvalue weighted by Crippen LogP contribution is -2.62. The van der Waals surface area contributed by atoms with Crippen LogP contribution in [0.25, 0.3) is 0 Å². The molecule has 0 bridgehead atoms. The molecule has 4 fully saturated rings. The van der Waals surface area contributed by atoms with Crippen molar-refractivity contribution in [3.05, 3.63) is 30.3 Å². The van der Waals surface area contributed by atoms with Gasteiger partial charge in [0.2, 0.25) is 10.0 Å². The molecule has 1 aromatic carbocycles. The van der Waals surface area contributed by atoms with Gasteiger partial charge in [-0.25, -0.2) is 13.1 Å². The Labute approximate surface area is 222 Å². The van der Waals surface area contributed by atoms with Crippen LogP contribution in [0.2, 0.25) is 0 Å². The molecule has 0 spiro atoms. The monoisotopic (exact) mass is 531 g/mol. The van der Waals surface area contributed by atoms with Crippen molar-refractivity contribution in [2.75, 3.05) is 0 Å². The maximum atomic E-state index is 13.6. The Morgan fingerprint density at radius 2 is 1.70 bits per heavy atom. The first-order chi connectivity index (χ1) is 17.5. The lowest BCUT2D eigenvalue weighted by molar-refractivity contribution is -0.140. The summed E-state index contributed by atoms with van der Waals surface area (Å²) in [6.07, 6.45) is 8.44.